The number of hydrogen-bond donors (Lipinski definition) is 3. The number of aliphatic hydroxyl groups excluding tert-OH is 1. The topological polar surface area (TPSA) is 107 Å². The van der Waals surface area contributed by atoms with Crippen LogP contribution in [0, 0.1) is 0 Å². The first-order chi connectivity index (χ1) is 7.26. The number of rotatable bonds is 6. The minimum atomic E-state index is -4.17. The molecule has 16 heavy (non-hydrogen) atoms. The van der Waals surface area contributed by atoms with Gasteiger partial charge in [-0.25, -0.2) is 4.18 Å². The van der Waals surface area contributed by atoms with Crippen LogP contribution in [0.25, 0.3) is 0 Å². The van der Waals surface area contributed by atoms with Crippen molar-refractivity contribution in [3.05, 3.63) is 0 Å². The SMILES string of the molecule is CCN(CC)CC(O)O.CCOS(=O)(=O)O. The molecule has 8 heteroatoms. The molecule has 0 atom stereocenters. The van der Waals surface area contributed by atoms with Crippen LogP contribution in [0.4, 0.5) is 0 Å². The molecule has 0 aromatic heterocycles. The highest BCUT2D eigenvalue weighted by Gasteiger charge is 2.02. The second-order valence-corrected chi connectivity index (χ2v) is 3.89. The van der Waals surface area contributed by atoms with Crippen LogP contribution in [-0.2, 0) is 14.6 Å². The zero-order chi connectivity index (χ0) is 13.2. The van der Waals surface area contributed by atoms with Gasteiger partial charge in [-0.3, -0.25) is 9.45 Å². The van der Waals surface area contributed by atoms with Crippen LogP contribution in [0.3, 0.4) is 0 Å². The number of hydrogen-bond acceptors (Lipinski definition) is 6. The van der Waals surface area contributed by atoms with Gasteiger partial charge < -0.3 is 10.2 Å². The summed E-state index contributed by atoms with van der Waals surface area (Å²) < 4.78 is 30.7. The molecule has 0 unspecified atom stereocenters. The standard InChI is InChI=1S/C6H15NO2.C2H6O4S/c1-3-7(4-2)5-6(8)9;1-2-6-7(3,4)5/h6,8-9H,3-5H2,1-2H3;2H2,1H3,(H,3,4,5). The van der Waals surface area contributed by atoms with Crippen LogP contribution >= 0.6 is 0 Å². The Kier molecular flexibility index (Phi) is 11.3. The molecule has 0 amide bonds. The zero-order valence-corrected chi connectivity index (χ0v) is 10.6. The average molecular weight is 259 g/mol. The normalized spacial score (nSPS) is 11.5. The summed E-state index contributed by atoms with van der Waals surface area (Å²) in [6.45, 7) is 7.51. The summed E-state index contributed by atoms with van der Waals surface area (Å²) in [5.74, 6) is 0. The summed E-state index contributed by atoms with van der Waals surface area (Å²) in [5.41, 5.74) is 0. The fraction of sp³-hybridized carbons (Fsp3) is 1.00. The van der Waals surface area contributed by atoms with Crippen molar-refractivity contribution in [2.75, 3.05) is 26.2 Å². The lowest BCUT2D eigenvalue weighted by Crippen LogP contribution is -2.31. The van der Waals surface area contributed by atoms with Gasteiger partial charge in [0.05, 0.1) is 6.61 Å². The van der Waals surface area contributed by atoms with Gasteiger partial charge in [0.2, 0.25) is 0 Å². The van der Waals surface area contributed by atoms with Crippen molar-refractivity contribution in [1.29, 1.82) is 0 Å². The molecule has 0 rings (SSSR count). The lowest BCUT2D eigenvalue weighted by molar-refractivity contribution is -0.0597. The van der Waals surface area contributed by atoms with E-state index in [4.69, 9.17) is 14.8 Å². The van der Waals surface area contributed by atoms with Crippen molar-refractivity contribution >= 4 is 10.4 Å². The highest BCUT2D eigenvalue weighted by molar-refractivity contribution is 7.80. The minimum absolute atomic E-state index is 0.0289. The number of nitrogens with zero attached hydrogens (tertiary/aromatic N) is 1. The molecule has 0 radical (unpaired) electrons. The van der Waals surface area contributed by atoms with E-state index in [1.54, 1.807) is 0 Å². The smallest absolute Gasteiger partial charge is 0.367 e. The largest absolute Gasteiger partial charge is 0.397 e. The Hall–Kier alpha value is -0.250. The van der Waals surface area contributed by atoms with E-state index < -0.39 is 16.7 Å². The Balaban J connectivity index is 0. The molecule has 0 saturated carbocycles. The van der Waals surface area contributed by atoms with Crippen LogP contribution < -0.4 is 0 Å². The van der Waals surface area contributed by atoms with Gasteiger partial charge in [0.25, 0.3) is 0 Å². The Morgan fingerprint density at radius 3 is 1.69 bits per heavy atom. The monoisotopic (exact) mass is 259 g/mol. The molecule has 0 fully saturated rings. The van der Waals surface area contributed by atoms with Crippen LogP contribution in [0.1, 0.15) is 20.8 Å². The summed E-state index contributed by atoms with van der Waals surface area (Å²) in [6.07, 6.45) is -1.19. The quantitative estimate of drug-likeness (QED) is 0.434. The van der Waals surface area contributed by atoms with Crippen LogP contribution in [0.15, 0.2) is 0 Å². The molecular weight excluding hydrogens is 238 g/mol. The summed E-state index contributed by atoms with van der Waals surface area (Å²) >= 11 is 0. The molecule has 0 aromatic rings. The van der Waals surface area contributed by atoms with E-state index in [-0.39, 0.29) is 6.61 Å². The predicted octanol–water partition coefficient (Wildman–Crippen LogP) is -0.535. The predicted molar refractivity (Wildman–Crippen MR) is 59.2 cm³/mol. The number of likely N-dealkylation sites (N-methyl/N-ethyl adjacent to an activating group) is 1. The molecule has 0 aliphatic rings. The third kappa shape index (κ3) is 16.2. The van der Waals surface area contributed by atoms with Crippen molar-refractivity contribution < 1.29 is 27.4 Å². The van der Waals surface area contributed by atoms with Crippen LogP contribution in [0.5, 0.6) is 0 Å². The minimum Gasteiger partial charge on any atom is -0.367 e. The van der Waals surface area contributed by atoms with Gasteiger partial charge in [-0.05, 0) is 20.0 Å². The fourth-order valence-corrected chi connectivity index (χ4v) is 1.16. The van der Waals surface area contributed by atoms with E-state index in [1.807, 2.05) is 18.7 Å². The molecule has 0 bridgehead atoms. The van der Waals surface area contributed by atoms with Gasteiger partial charge in [-0.2, -0.15) is 8.42 Å². The van der Waals surface area contributed by atoms with E-state index in [9.17, 15) is 8.42 Å². The summed E-state index contributed by atoms with van der Waals surface area (Å²) in [7, 11) is -4.17. The van der Waals surface area contributed by atoms with Gasteiger partial charge >= 0.3 is 10.4 Å². The van der Waals surface area contributed by atoms with Gasteiger partial charge in [-0.1, -0.05) is 13.8 Å². The summed E-state index contributed by atoms with van der Waals surface area (Å²) in [4.78, 5) is 1.95. The summed E-state index contributed by atoms with van der Waals surface area (Å²) in [6, 6.07) is 0. The fourth-order valence-electron chi connectivity index (χ4n) is 0.862. The van der Waals surface area contributed by atoms with Gasteiger partial charge in [0.15, 0.2) is 6.29 Å². The molecule has 0 saturated heterocycles. The Bertz CT molecular complexity index is 237. The zero-order valence-electron chi connectivity index (χ0n) is 9.83. The first-order valence-corrected chi connectivity index (χ1v) is 6.33. The molecule has 0 aliphatic heterocycles. The van der Waals surface area contributed by atoms with Gasteiger partial charge in [0.1, 0.15) is 0 Å². The molecule has 0 aromatic carbocycles. The Morgan fingerprint density at radius 2 is 1.62 bits per heavy atom. The average Bonchev–Trinajstić information content (AvgIpc) is 2.13. The molecule has 0 aliphatic carbocycles. The highest BCUT2D eigenvalue weighted by atomic mass is 32.3. The molecular formula is C8H21NO6S. The molecule has 7 nitrogen and oxygen atoms in total. The van der Waals surface area contributed by atoms with Crippen molar-refractivity contribution in [3.63, 3.8) is 0 Å². The van der Waals surface area contributed by atoms with Gasteiger partial charge in [0, 0.05) is 6.54 Å². The van der Waals surface area contributed by atoms with Crippen LogP contribution in [0.2, 0.25) is 0 Å². The van der Waals surface area contributed by atoms with E-state index in [0.717, 1.165) is 13.1 Å². The maximum absolute atomic E-state index is 9.56. The van der Waals surface area contributed by atoms with Gasteiger partial charge in [-0.15, -0.1) is 0 Å². The summed E-state index contributed by atoms with van der Waals surface area (Å²) in [5, 5.41) is 17.0. The Morgan fingerprint density at radius 1 is 1.19 bits per heavy atom. The Labute approximate surface area is 96.6 Å². The van der Waals surface area contributed by atoms with Crippen molar-refractivity contribution in [2.45, 2.75) is 27.1 Å². The van der Waals surface area contributed by atoms with Crippen molar-refractivity contribution in [3.8, 4) is 0 Å². The lowest BCUT2D eigenvalue weighted by Gasteiger charge is -2.18. The molecule has 3 N–H and O–H groups in total. The second-order valence-electron chi connectivity index (χ2n) is 2.80. The second kappa shape index (κ2) is 9.94. The van der Waals surface area contributed by atoms with E-state index >= 15 is 0 Å². The highest BCUT2D eigenvalue weighted by Crippen LogP contribution is 1.87. The van der Waals surface area contributed by atoms with E-state index in [1.165, 1.54) is 6.92 Å². The van der Waals surface area contributed by atoms with Crippen molar-refractivity contribution in [1.82, 2.24) is 4.90 Å². The van der Waals surface area contributed by atoms with Crippen LogP contribution in [-0.4, -0.2) is 60.6 Å². The maximum atomic E-state index is 9.56. The first-order valence-electron chi connectivity index (χ1n) is 4.97. The lowest BCUT2D eigenvalue weighted by atomic mass is 10.5. The first kappa shape index (κ1) is 18.1. The molecule has 0 spiro atoms. The van der Waals surface area contributed by atoms with E-state index in [2.05, 4.69) is 4.18 Å². The molecule has 0 heterocycles. The third-order valence-corrected chi connectivity index (χ3v) is 2.12. The van der Waals surface area contributed by atoms with E-state index in [0.29, 0.717) is 6.54 Å². The maximum Gasteiger partial charge on any atom is 0.397 e. The molecule has 100 valence electrons. The third-order valence-electron chi connectivity index (χ3n) is 1.58. The number of aliphatic hydroxyl groups is 2. The van der Waals surface area contributed by atoms with Crippen molar-refractivity contribution in [2.24, 2.45) is 0 Å².